The molecule has 0 radical (unpaired) electrons. The second-order valence-corrected chi connectivity index (χ2v) is 7.07. The first kappa shape index (κ1) is 19.0. The standard InChI is InChI=1S/C22H24N4O3/c1-2-15-8-3-4-10-17(15)24-22(28)20-25-19(18-11-5-6-12-26(18)20)21(27)23-14-16-9-7-13-29-16/h3-4,7-10,13H,2,5-6,11-12,14H2,1H3,(H,23,27)(H,24,28). The minimum absolute atomic E-state index is 0.281. The van der Waals surface area contributed by atoms with Crippen molar-refractivity contribution >= 4 is 17.5 Å². The maximum Gasteiger partial charge on any atom is 0.291 e. The zero-order valence-corrected chi connectivity index (χ0v) is 16.4. The lowest BCUT2D eigenvalue weighted by atomic mass is 10.1. The van der Waals surface area contributed by atoms with Crippen molar-refractivity contribution in [1.82, 2.24) is 14.9 Å². The monoisotopic (exact) mass is 392 g/mol. The topological polar surface area (TPSA) is 89.2 Å². The predicted molar refractivity (Wildman–Crippen MR) is 109 cm³/mol. The van der Waals surface area contributed by atoms with Gasteiger partial charge in [0.2, 0.25) is 0 Å². The first-order valence-corrected chi connectivity index (χ1v) is 9.96. The highest BCUT2D eigenvalue weighted by Crippen LogP contribution is 2.23. The Morgan fingerprint density at radius 1 is 1.14 bits per heavy atom. The van der Waals surface area contributed by atoms with Crippen LogP contribution < -0.4 is 10.6 Å². The summed E-state index contributed by atoms with van der Waals surface area (Å²) in [4.78, 5) is 30.2. The van der Waals surface area contributed by atoms with Gasteiger partial charge in [0.1, 0.15) is 11.5 Å². The van der Waals surface area contributed by atoms with Crippen molar-refractivity contribution in [3.63, 3.8) is 0 Å². The van der Waals surface area contributed by atoms with Gasteiger partial charge in [0.25, 0.3) is 11.8 Å². The highest BCUT2D eigenvalue weighted by Gasteiger charge is 2.27. The van der Waals surface area contributed by atoms with Crippen molar-refractivity contribution in [1.29, 1.82) is 0 Å². The molecule has 0 saturated heterocycles. The molecule has 2 N–H and O–H groups in total. The number of rotatable bonds is 6. The maximum atomic E-state index is 13.0. The van der Waals surface area contributed by atoms with Crippen molar-refractivity contribution in [3.05, 3.63) is 71.2 Å². The number of nitrogens with zero attached hydrogens (tertiary/aromatic N) is 2. The summed E-state index contributed by atoms with van der Waals surface area (Å²) in [5, 5.41) is 5.80. The van der Waals surface area contributed by atoms with Crippen LogP contribution in [0.15, 0.2) is 47.1 Å². The Labute approximate surface area is 169 Å². The summed E-state index contributed by atoms with van der Waals surface area (Å²) < 4.78 is 7.14. The molecule has 0 fully saturated rings. The van der Waals surface area contributed by atoms with Gasteiger partial charge in [-0.15, -0.1) is 0 Å². The van der Waals surface area contributed by atoms with E-state index in [-0.39, 0.29) is 24.2 Å². The maximum absolute atomic E-state index is 13.0. The number of hydrogen-bond donors (Lipinski definition) is 2. The van der Waals surface area contributed by atoms with E-state index < -0.39 is 0 Å². The molecule has 150 valence electrons. The Balaban J connectivity index is 1.58. The number of aromatic nitrogens is 2. The van der Waals surface area contributed by atoms with Crippen LogP contribution in [-0.2, 0) is 25.9 Å². The minimum atomic E-state index is -0.292. The quantitative estimate of drug-likeness (QED) is 0.671. The lowest BCUT2D eigenvalue weighted by molar-refractivity contribution is 0.0942. The largest absolute Gasteiger partial charge is 0.467 e. The number of fused-ring (bicyclic) bond motifs is 1. The Morgan fingerprint density at radius 3 is 2.79 bits per heavy atom. The molecule has 3 aromatic rings. The molecule has 0 unspecified atom stereocenters. The Hall–Kier alpha value is -3.35. The van der Waals surface area contributed by atoms with E-state index in [9.17, 15) is 9.59 Å². The molecular weight excluding hydrogens is 368 g/mol. The van der Waals surface area contributed by atoms with Gasteiger partial charge in [0.05, 0.1) is 18.5 Å². The molecule has 2 aromatic heterocycles. The molecule has 0 saturated carbocycles. The molecule has 0 spiro atoms. The minimum Gasteiger partial charge on any atom is -0.467 e. The highest BCUT2D eigenvalue weighted by atomic mass is 16.3. The van der Waals surface area contributed by atoms with E-state index in [4.69, 9.17) is 4.42 Å². The number of hydrogen-bond acceptors (Lipinski definition) is 4. The van der Waals surface area contributed by atoms with Gasteiger partial charge in [-0.3, -0.25) is 9.59 Å². The number of amides is 2. The normalized spacial score (nSPS) is 13.0. The number of carbonyl (C=O) groups excluding carboxylic acids is 2. The van der Waals surface area contributed by atoms with Gasteiger partial charge < -0.3 is 19.6 Å². The van der Waals surface area contributed by atoms with Crippen LogP contribution >= 0.6 is 0 Å². The third kappa shape index (κ3) is 3.94. The van der Waals surface area contributed by atoms with Crippen LogP contribution in [0.4, 0.5) is 5.69 Å². The van der Waals surface area contributed by atoms with Crippen molar-refractivity contribution in [2.75, 3.05) is 5.32 Å². The van der Waals surface area contributed by atoms with Crippen molar-refractivity contribution < 1.29 is 14.0 Å². The number of nitrogens with one attached hydrogen (secondary N) is 2. The zero-order chi connectivity index (χ0) is 20.2. The smallest absolute Gasteiger partial charge is 0.291 e. The molecule has 1 aromatic carbocycles. The molecular formula is C22H24N4O3. The van der Waals surface area contributed by atoms with Gasteiger partial charge in [0.15, 0.2) is 5.82 Å². The van der Waals surface area contributed by atoms with Gasteiger partial charge in [-0.25, -0.2) is 4.98 Å². The van der Waals surface area contributed by atoms with Crippen molar-refractivity contribution in [2.45, 2.75) is 45.7 Å². The van der Waals surface area contributed by atoms with E-state index in [1.54, 1.807) is 18.4 Å². The van der Waals surface area contributed by atoms with E-state index in [0.29, 0.717) is 18.0 Å². The number of anilines is 1. The third-order valence-corrected chi connectivity index (χ3v) is 5.19. The molecule has 1 aliphatic heterocycles. The van der Waals surface area contributed by atoms with Crippen LogP contribution in [0, 0.1) is 0 Å². The number of furan rings is 1. The van der Waals surface area contributed by atoms with E-state index in [2.05, 4.69) is 15.6 Å². The molecule has 29 heavy (non-hydrogen) atoms. The van der Waals surface area contributed by atoms with E-state index in [1.807, 2.05) is 35.8 Å². The number of benzene rings is 1. The number of imidazole rings is 1. The Bertz CT molecular complexity index is 1020. The highest BCUT2D eigenvalue weighted by molar-refractivity contribution is 6.04. The summed E-state index contributed by atoms with van der Waals surface area (Å²) in [6.07, 6.45) is 5.05. The number of carbonyl (C=O) groups is 2. The first-order valence-electron chi connectivity index (χ1n) is 9.96. The van der Waals surface area contributed by atoms with E-state index in [1.165, 1.54) is 0 Å². The molecule has 2 amide bonds. The summed E-state index contributed by atoms with van der Waals surface area (Å²) >= 11 is 0. The van der Waals surface area contributed by atoms with E-state index in [0.717, 1.165) is 42.6 Å². The average Bonchev–Trinajstić information content (AvgIpc) is 3.40. The molecule has 0 bridgehead atoms. The van der Waals surface area contributed by atoms with Gasteiger partial charge in [-0.05, 0) is 49.4 Å². The third-order valence-electron chi connectivity index (χ3n) is 5.19. The fourth-order valence-corrected chi connectivity index (χ4v) is 3.69. The molecule has 1 aliphatic rings. The van der Waals surface area contributed by atoms with Gasteiger partial charge in [-0.2, -0.15) is 0 Å². The van der Waals surface area contributed by atoms with Gasteiger partial charge in [-0.1, -0.05) is 25.1 Å². The Morgan fingerprint density at radius 2 is 2.00 bits per heavy atom. The second kappa shape index (κ2) is 8.34. The summed E-state index contributed by atoms with van der Waals surface area (Å²) in [7, 11) is 0. The van der Waals surface area contributed by atoms with Crippen molar-refractivity contribution in [3.8, 4) is 0 Å². The lowest BCUT2D eigenvalue weighted by Crippen LogP contribution is -2.25. The molecule has 4 rings (SSSR count). The van der Waals surface area contributed by atoms with Crippen LogP contribution in [0.1, 0.15) is 57.9 Å². The van der Waals surface area contributed by atoms with Crippen LogP contribution in [0.25, 0.3) is 0 Å². The SMILES string of the molecule is CCc1ccccc1NC(=O)c1nc(C(=O)NCc2ccco2)c2n1CCCC2. The number of para-hydroxylation sites is 1. The van der Waals surface area contributed by atoms with Crippen LogP contribution in [0.3, 0.4) is 0 Å². The fraction of sp³-hybridized carbons (Fsp3) is 0.318. The summed E-state index contributed by atoms with van der Waals surface area (Å²) in [5.41, 5.74) is 2.98. The first-order chi connectivity index (χ1) is 14.2. The number of aryl methyl sites for hydroxylation is 1. The van der Waals surface area contributed by atoms with Crippen LogP contribution in [0.2, 0.25) is 0 Å². The zero-order valence-electron chi connectivity index (χ0n) is 16.4. The van der Waals surface area contributed by atoms with Crippen LogP contribution in [0.5, 0.6) is 0 Å². The fourth-order valence-electron chi connectivity index (χ4n) is 3.69. The summed E-state index contributed by atoms with van der Waals surface area (Å²) in [6.45, 7) is 3.01. The second-order valence-electron chi connectivity index (χ2n) is 7.07. The van der Waals surface area contributed by atoms with E-state index >= 15 is 0 Å². The molecule has 7 heteroatoms. The Kier molecular flexibility index (Phi) is 5.46. The average molecular weight is 392 g/mol. The molecule has 3 heterocycles. The summed E-state index contributed by atoms with van der Waals surface area (Å²) in [5.74, 6) is 0.369. The van der Waals surface area contributed by atoms with Gasteiger partial charge >= 0.3 is 0 Å². The molecule has 0 aliphatic carbocycles. The molecule has 0 atom stereocenters. The van der Waals surface area contributed by atoms with Gasteiger partial charge in [0, 0.05) is 12.2 Å². The van der Waals surface area contributed by atoms with Crippen molar-refractivity contribution in [2.24, 2.45) is 0 Å². The van der Waals surface area contributed by atoms with Crippen LogP contribution in [-0.4, -0.2) is 21.4 Å². The molecule has 7 nitrogen and oxygen atoms in total. The summed E-state index contributed by atoms with van der Waals surface area (Å²) in [6, 6.07) is 11.3. The lowest BCUT2D eigenvalue weighted by Gasteiger charge is -2.17. The predicted octanol–water partition coefficient (Wildman–Crippen LogP) is 3.56.